The van der Waals surface area contributed by atoms with Gasteiger partial charge in [-0.2, -0.15) is 0 Å². The summed E-state index contributed by atoms with van der Waals surface area (Å²) < 4.78 is 5.46. The molecule has 0 saturated carbocycles. The van der Waals surface area contributed by atoms with Gasteiger partial charge in [0.2, 0.25) is 5.75 Å². The molecule has 0 bridgehead atoms. The molecule has 4 rings (SSSR count). The van der Waals surface area contributed by atoms with Gasteiger partial charge in [-0.05, 0) is 29.3 Å². The fourth-order valence-corrected chi connectivity index (χ4v) is 3.52. The van der Waals surface area contributed by atoms with Crippen molar-refractivity contribution < 1.29 is 30.3 Å². The molecule has 6 nitrogen and oxygen atoms in total. The van der Waals surface area contributed by atoms with Crippen LogP contribution in [0.15, 0.2) is 24.3 Å². The first-order chi connectivity index (χ1) is 10.4. The number of fused-ring (bicyclic) bond motifs is 5. The first-order valence-electron chi connectivity index (χ1n) is 6.85. The van der Waals surface area contributed by atoms with E-state index in [0.29, 0.717) is 16.7 Å². The first kappa shape index (κ1) is 16.2. The molecule has 0 fully saturated rings. The van der Waals surface area contributed by atoms with E-state index in [1.807, 2.05) is 0 Å². The summed E-state index contributed by atoms with van der Waals surface area (Å²) in [6.07, 6.45) is 0.266. The monoisotopic (exact) mass is 512 g/mol. The molecule has 1 heterocycles. The van der Waals surface area contributed by atoms with Gasteiger partial charge >= 0.3 is 27.3 Å². The number of phenolic OH excluding ortho intramolecular Hbond substituents is 4. The summed E-state index contributed by atoms with van der Waals surface area (Å²) >= 11 is 0. The Morgan fingerprint density at radius 2 is 1.65 bits per heavy atom. The van der Waals surface area contributed by atoms with Crippen LogP contribution in [-0.4, -0.2) is 65.0 Å². The van der Waals surface area contributed by atoms with E-state index in [-0.39, 0.29) is 69.1 Å². The maximum absolute atomic E-state index is 10.9. The molecular formula is C16H16O6Pb. The number of aliphatic hydroxyl groups is 1. The molecule has 0 unspecified atom stereocenters. The molecule has 5 N–H and O–H groups in total. The van der Waals surface area contributed by atoms with Crippen LogP contribution in [0, 0.1) is 0 Å². The van der Waals surface area contributed by atoms with E-state index < -0.39 is 11.5 Å². The topological polar surface area (TPSA) is 110 Å². The summed E-state index contributed by atoms with van der Waals surface area (Å²) in [4.78, 5) is 0. The average Bonchev–Trinajstić information content (AvgIpc) is 2.75. The van der Waals surface area contributed by atoms with Gasteiger partial charge in [0.25, 0.3) is 0 Å². The number of hydrogen-bond donors (Lipinski definition) is 5. The van der Waals surface area contributed by atoms with Gasteiger partial charge in [0.1, 0.15) is 12.2 Å². The molecule has 120 valence electrons. The van der Waals surface area contributed by atoms with Crippen LogP contribution in [0.3, 0.4) is 0 Å². The number of phenols is 4. The zero-order valence-corrected chi connectivity index (χ0v) is 17.7. The molecule has 2 atom stereocenters. The second kappa shape index (κ2) is 5.17. The third-order valence-corrected chi connectivity index (χ3v) is 4.50. The minimum absolute atomic E-state index is 0. The van der Waals surface area contributed by atoms with Crippen LogP contribution in [0.25, 0.3) is 0 Å². The van der Waals surface area contributed by atoms with E-state index in [2.05, 4.69) is 0 Å². The van der Waals surface area contributed by atoms with E-state index >= 15 is 0 Å². The third kappa shape index (κ3) is 2.15. The molecule has 2 aromatic carbocycles. The Labute approximate surface area is 151 Å². The van der Waals surface area contributed by atoms with E-state index in [0.717, 1.165) is 0 Å². The van der Waals surface area contributed by atoms with Gasteiger partial charge in [-0.1, -0.05) is 6.07 Å². The summed E-state index contributed by atoms with van der Waals surface area (Å²) in [7, 11) is 0. The van der Waals surface area contributed by atoms with Gasteiger partial charge < -0.3 is 30.3 Å². The summed E-state index contributed by atoms with van der Waals surface area (Å²) in [5.41, 5.74) is 0.700. The Bertz CT molecular complexity index is 806. The van der Waals surface area contributed by atoms with Gasteiger partial charge in [-0.15, -0.1) is 0 Å². The van der Waals surface area contributed by atoms with Crippen molar-refractivity contribution in [3.8, 4) is 28.7 Å². The van der Waals surface area contributed by atoms with Crippen LogP contribution in [0.1, 0.15) is 22.6 Å². The van der Waals surface area contributed by atoms with Crippen molar-refractivity contribution in [3.05, 3.63) is 41.0 Å². The number of aromatic hydroxyl groups is 4. The standard InChI is InChI=1S/C16H14O6.Pb.2H/c17-10-2-1-8-13-9-4-12(19)11(18)3-7(9)5-16(13,21)6-22-15(8)14(10)20;;;/h1-4,13,17-21H,5-6H2;;;/t13-,16+;;;/m1.../s1. The summed E-state index contributed by atoms with van der Waals surface area (Å²) in [5, 5.41) is 49.8. The number of hydrogen-bond acceptors (Lipinski definition) is 6. The van der Waals surface area contributed by atoms with Crippen LogP contribution in [0.4, 0.5) is 0 Å². The molecule has 0 amide bonds. The number of ether oxygens (including phenoxy) is 1. The Hall–Kier alpha value is -1.68. The van der Waals surface area contributed by atoms with E-state index in [9.17, 15) is 25.5 Å². The summed E-state index contributed by atoms with van der Waals surface area (Å²) in [6, 6.07) is 5.77. The predicted octanol–water partition coefficient (Wildman–Crippen LogP) is 0.404. The SMILES string of the molecule is Oc1cc2c(cc1O)[C@H]1c3ccc(O)c(O)c3OC[C@@]1(O)C2.[PbH2]. The Balaban J connectivity index is 0.00000156. The van der Waals surface area contributed by atoms with Crippen LogP contribution >= 0.6 is 0 Å². The van der Waals surface area contributed by atoms with Crippen LogP contribution < -0.4 is 4.74 Å². The van der Waals surface area contributed by atoms with Crippen LogP contribution in [0.2, 0.25) is 0 Å². The molecule has 2 aromatic rings. The zero-order chi connectivity index (χ0) is 15.6. The van der Waals surface area contributed by atoms with Gasteiger partial charge in [0.05, 0.1) is 0 Å². The number of benzene rings is 2. The van der Waals surface area contributed by atoms with Crippen LogP contribution in [-0.2, 0) is 6.42 Å². The molecule has 7 heteroatoms. The van der Waals surface area contributed by atoms with E-state index in [1.54, 1.807) is 6.07 Å². The number of rotatable bonds is 0. The van der Waals surface area contributed by atoms with Gasteiger partial charge in [0.15, 0.2) is 23.0 Å². The van der Waals surface area contributed by atoms with Crippen molar-refractivity contribution in [3.63, 3.8) is 0 Å². The molecular weight excluding hydrogens is 495 g/mol. The Morgan fingerprint density at radius 3 is 2.39 bits per heavy atom. The first-order valence-corrected chi connectivity index (χ1v) is 6.85. The average molecular weight is 511 g/mol. The Kier molecular flexibility index (Phi) is 3.64. The predicted molar refractivity (Wildman–Crippen MR) is 84.1 cm³/mol. The molecule has 1 aliphatic heterocycles. The molecule has 23 heavy (non-hydrogen) atoms. The molecule has 2 aliphatic rings. The van der Waals surface area contributed by atoms with Crippen molar-refractivity contribution in [1.29, 1.82) is 0 Å². The Morgan fingerprint density at radius 1 is 0.957 bits per heavy atom. The fourth-order valence-electron chi connectivity index (χ4n) is 3.52. The molecule has 2 radical (unpaired) electrons. The van der Waals surface area contributed by atoms with Crippen molar-refractivity contribution in [2.45, 2.75) is 17.9 Å². The quantitative estimate of drug-likeness (QED) is 0.259. The van der Waals surface area contributed by atoms with Crippen molar-refractivity contribution in [2.75, 3.05) is 6.61 Å². The third-order valence-electron chi connectivity index (χ3n) is 4.50. The van der Waals surface area contributed by atoms with Gasteiger partial charge in [0, 0.05) is 17.9 Å². The van der Waals surface area contributed by atoms with E-state index in [4.69, 9.17) is 4.74 Å². The van der Waals surface area contributed by atoms with Gasteiger partial charge in [-0.3, -0.25) is 0 Å². The second-order valence-electron chi connectivity index (χ2n) is 5.89. The fraction of sp³-hybridized carbons (Fsp3) is 0.250. The maximum atomic E-state index is 10.9. The normalized spacial score (nSPS) is 24.0. The molecule has 1 aliphatic carbocycles. The minimum atomic E-state index is -1.22. The molecule has 0 spiro atoms. The molecule has 0 aromatic heterocycles. The zero-order valence-electron chi connectivity index (χ0n) is 12.2. The summed E-state index contributed by atoms with van der Waals surface area (Å²) in [6.45, 7) is -0.0577. The molecule has 0 saturated heterocycles. The summed E-state index contributed by atoms with van der Waals surface area (Å²) in [5.74, 6) is -1.54. The van der Waals surface area contributed by atoms with Crippen molar-refractivity contribution in [1.82, 2.24) is 0 Å². The van der Waals surface area contributed by atoms with E-state index in [1.165, 1.54) is 18.2 Å². The van der Waals surface area contributed by atoms with Gasteiger partial charge in [-0.25, -0.2) is 0 Å². The van der Waals surface area contributed by atoms with Crippen molar-refractivity contribution >= 4 is 27.3 Å². The second-order valence-corrected chi connectivity index (χ2v) is 5.89. The van der Waals surface area contributed by atoms with Crippen molar-refractivity contribution in [2.24, 2.45) is 0 Å². The van der Waals surface area contributed by atoms with Crippen LogP contribution in [0.5, 0.6) is 28.7 Å².